The Morgan fingerprint density at radius 2 is 1.81 bits per heavy atom. The van der Waals surface area contributed by atoms with Crippen molar-refractivity contribution in [3.8, 4) is 22.9 Å². The number of piperidine rings is 1. The summed E-state index contributed by atoms with van der Waals surface area (Å²) >= 11 is 0. The van der Waals surface area contributed by atoms with E-state index in [-0.39, 0.29) is 23.7 Å². The predicted octanol–water partition coefficient (Wildman–Crippen LogP) is 5.73. The first-order chi connectivity index (χ1) is 23.0. The van der Waals surface area contributed by atoms with E-state index in [1.807, 2.05) is 24.3 Å². The molecular formula is C38H46N6O3. The van der Waals surface area contributed by atoms with Gasteiger partial charge in [-0.25, -0.2) is 0 Å². The fourth-order valence-electron chi connectivity index (χ4n) is 8.49. The highest BCUT2D eigenvalue weighted by molar-refractivity contribution is 6.01. The van der Waals surface area contributed by atoms with Crippen molar-refractivity contribution in [2.75, 3.05) is 44.7 Å². The van der Waals surface area contributed by atoms with Gasteiger partial charge in [-0.2, -0.15) is 9.97 Å². The first-order valence-electron chi connectivity index (χ1n) is 17.7. The van der Waals surface area contributed by atoms with Crippen LogP contribution in [0.25, 0.3) is 32.8 Å². The van der Waals surface area contributed by atoms with Gasteiger partial charge in [-0.05, 0) is 111 Å². The molecule has 8 rings (SSSR count). The lowest BCUT2D eigenvalue weighted by Gasteiger charge is -2.42. The smallest absolute Gasteiger partial charge is 0.319 e. The first-order valence-corrected chi connectivity index (χ1v) is 17.7. The molecule has 4 atom stereocenters. The minimum absolute atomic E-state index is 0.215. The highest BCUT2D eigenvalue weighted by atomic mass is 16.5. The number of carbonyl (C=O) groups is 1. The third-order valence-electron chi connectivity index (χ3n) is 11.1. The maximum absolute atomic E-state index is 13.4. The number of rotatable bonds is 8. The number of hydrogen-bond donors (Lipinski definition) is 2. The van der Waals surface area contributed by atoms with Crippen LogP contribution >= 0.6 is 0 Å². The number of nitrogens with one attached hydrogen (secondary N) is 1. The molecule has 2 bridgehead atoms. The molecule has 4 aliphatic rings. The van der Waals surface area contributed by atoms with Crippen LogP contribution in [-0.4, -0.2) is 94.8 Å². The topological polar surface area (TPSA) is 94.1 Å². The predicted molar refractivity (Wildman–Crippen MR) is 186 cm³/mol. The van der Waals surface area contributed by atoms with Crippen molar-refractivity contribution < 1.29 is 14.6 Å². The van der Waals surface area contributed by atoms with E-state index in [2.05, 4.69) is 51.3 Å². The molecular weight excluding hydrogens is 588 g/mol. The molecule has 4 saturated heterocycles. The number of ether oxygens (including phenoxy) is 1. The summed E-state index contributed by atoms with van der Waals surface area (Å²) < 4.78 is 6.37. The number of phenols is 1. The molecule has 3 aromatic carbocycles. The molecule has 0 saturated carbocycles. The minimum atomic E-state index is 0.215. The van der Waals surface area contributed by atoms with Crippen molar-refractivity contribution in [3.63, 3.8) is 0 Å². The van der Waals surface area contributed by atoms with E-state index < -0.39 is 0 Å². The molecule has 246 valence electrons. The Labute approximate surface area is 276 Å². The zero-order valence-electron chi connectivity index (χ0n) is 27.4. The van der Waals surface area contributed by atoms with E-state index in [0.717, 1.165) is 90.5 Å². The molecule has 9 heteroatoms. The molecule has 4 aliphatic heterocycles. The van der Waals surface area contributed by atoms with Gasteiger partial charge >= 0.3 is 6.01 Å². The number of aromatic nitrogens is 2. The Morgan fingerprint density at radius 3 is 2.60 bits per heavy atom. The third kappa shape index (κ3) is 6.11. The summed E-state index contributed by atoms with van der Waals surface area (Å²) in [6.07, 6.45) is 9.61. The Hall–Kier alpha value is -3.95. The normalized spacial score (nSPS) is 24.8. The Kier molecular flexibility index (Phi) is 8.35. The summed E-state index contributed by atoms with van der Waals surface area (Å²) in [5.41, 5.74) is 2.78. The van der Waals surface area contributed by atoms with E-state index in [1.54, 1.807) is 6.07 Å². The van der Waals surface area contributed by atoms with Gasteiger partial charge in [0.1, 0.15) is 18.2 Å². The van der Waals surface area contributed by atoms with Crippen LogP contribution in [0, 0.1) is 0 Å². The highest BCUT2D eigenvalue weighted by Crippen LogP contribution is 2.40. The van der Waals surface area contributed by atoms with Crippen LogP contribution < -0.4 is 15.0 Å². The number of amides is 1. The van der Waals surface area contributed by atoms with Gasteiger partial charge in [0.15, 0.2) is 0 Å². The molecule has 0 radical (unpaired) electrons. The van der Waals surface area contributed by atoms with Gasteiger partial charge in [0.05, 0.1) is 5.52 Å². The highest BCUT2D eigenvalue weighted by Gasteiger charge is 2.43. The number of likely N-dealkylation sites (tertiary alicyclic amines) is 2. The van der Waals surface area contributed by atoms with E-state index >= 15 is 0 Å². The largest absolute Gasteiger partial charge is 0.508 e. The number of aromatic hydroxyl groups is 1. The molecule has 0 spiro atoms. The van der Waals surface area contributed by atoms with Crippen LogP contribution in [-0.2, 0) is 4.79 Å². The van der Waals surface area contributed by atoms with Crippen molar-refractivity contribution in [1.29, 1.82) is 0 Å². The second-order valence-corrected chi connectivity index (χ2v) is 14.1. The van der Waals surface area contributed by atoms with Crippen LogP contribution in [0.1, 0.15) is 57.8 Å². The summed E-state index contributed by atoms with van der Waals surface area (Å²) in [5.74, 6) is 1.43. The number of phenolic OH excluding ortho intramolecular Hbond substituents is 1. The van der Waals surface area contributed by atoms with Crippen molar-refractivity contribution in [1.82, 2.24) is 25.1 Å². The number of fused-ring (bicyclic) bond motifs is 4. The van der Waals surface area contributed by atoms with Gasteiger partial charge in [-0.15, -0.1) is 0 Å². The second-order valence-electron chi connectivity index (χ2n) is 14.1. The van der Waals surface area contributed by atoms with E-state index in [4.69, 9.17) is 14.7 Å². The number of likely N-dealkylation sites (N-methyl/N-ethyl adjacent to an activating group) is 1. The zero-order chi connectivity index (χ0) is 31.9. The lowest BCUT2D eigenvalue weighted by atomic mass is 9.97. The van der Waals surface area contributed by atoms with Gasteiger partial charge in [0.2, 0.25) is 5.91 Å². The number of carbonyl (C=O) groups excluding carboxylic acids is 1. The summed E-state index contributed by atoms with van der Waals surface area (Å²) in [4.78, 5) is 30.4. The van der Waals surface area contributed by atoms with Crippen molar-refractivity contribution in [2.45, 2.75) is 82.0 Å². The molecule has 9 nitrogen and oxygen atoms in total. The van der Waals surface area contributed by atoms with Gasteiger partial charge in [0, 0.05) is 49.1 Å². The average Bonchev–Trinajstić information content (AvgIpc) is 3.63. The summed E-state index contributed by atoms with van der Waals surface area (Å²) in [5, 5.41) is 17.2. The maximum Gasteiger partial charge on any atom is 0.319 e. The minimum Gasteiger partial charge on any atom is -0.508 e. The molecule has 1 aromatic heterocycles. The standard InChI is InChI=1S/C38H46N6O3/c1-42-18-6-9-30(42)24-47-38-40-35-20-26(34-21-31(45)19-25-7-2-3-10-32(25)34)11-15-33(35)37(41-38)44-28-13-14-29(44)23-43(22-28)36(46)16-12-27-8-4-5-17-39-27/h2-3,7,10-11,15,19-21,27-30,39,45H,4-6,8-9,12-14,16-18,22-24H2,1H3/t27?,28-,29+,30-/m0/s1. The van der Waals surface area contributed by atoms with Crippen LogP contribution in [0.5, 0.6) is 11.8 Å². The van der Waals surface area contributed by atoms with Gasteiger partial charge in [0.25, 0.3) is 0 Å². The lowest BCUT2D eigenvalue weighted by Crippen LogP contribution is -2.56. The fraction of sp³-hybridized carbons (Fsp3) is 0.500. The van der Waals surface area contributed by atoms with Gasteiger partial charge < -0.3 is 29.9 Å². The molecule has 47 heavy (non-hydrogen) atoms. The lowest BCUT2D eigenvalue weighted by molar-refractivity contribution is -0.132. The number of anilines is 1. The molecule has 1 amide bonds. The quantitative estimate of drug-likeness (QED) is 0.254. The van der Waals surface area contributed by atoms with Gasteiger partial charge in [-0.1, -0.05) is 36.8 Å². The second kappa shape index (κ2) is 12.9. The summed E-state index contributed by atoms with van der Waals surface area (Å²) in [6, 6.07) is 19.8. The average molecular weight is 635 g/mol. The van der Waals surface area contributed by atoms with Crippen LogP contribution in [0.15, 0.2) is 54.6 Å². The van der Waals surface area contributed by atoms with Crippen molar-refractivity contribution in [2.24, 2.45) is 0 Å². The number of nitrogens with zero attached hydrogens (tertiary/aromatic N) is 5. The Morgan fingerprint density at radius 1 is 0.957 bits per heavy atom. The van der Waals surface area contributed by atoms with E-state index in [1.165, 1.54) is 25.7 Å². The Balaban J connectivity index is 1.11. The summed E-state index contributed by atoms with van der Waals surface area (Å²) in [6.45, 7) is 4.18. The maximum atomic E-state index is 13.4. The SMILES string of the molecule is CN1CCC[C@H]1COc1nc(N2[C@@H]3CC[C@H]2CN(C(=O)CCC2CCCCN2)C3)c2ccc(-c3cc(O)cc4ccccc34)cc2n1. The number of piperazine rings is 1. The van der Waals surface area contributed by atoms with Crippen LogP contribution in [0.2, 0.25) is 0 Å². The number of hydrogen-bond acceptors (Lipinski definition) is 8. The fourth-order valence-corrected chi connectivity index (χ4v) is 8.49. The zero-order valence-corrected chi connectivity index (χ0v) is 27.4. The van der Waals surface area contributed by atoms with Crippen LogP contribution in [0.3, 0.4) is 0 Å². The number of benzene rings is 3. The molecule has 0 aliphatic carbocycles. The first kappa shape index (κ1) is 30.4. The summed E-state index contributed by atoms with van der Waals surface area (Å²) in [7, 11) is 2.16. The monoisotopic (exact) mass is 634 g/mol. The molecule has 4 aromatic rings. The molecule has 5 heterocycles. The molecule has 1 unspecified atom stereocenters. The third-order valence-corrected chi connectivity index (χ3v) is 11.1. The van der Waals surface area contributed by atoms with E-state index in [0.29, 0.717) is 31.1 Å². The van der Waals surface area contributed by atoms with E-state index in [9.17, 15) is 9.90 Å². The van der Waals surface area contributed by atoms with Gasteiger partial charge in [-0.3, -0.25) is 4.79 Å². The Bertz CT molecular complexity index is 1760. The van der Waals surface area contributed by atoms with Crippen LogP contribution in [0.4, 0.5) is 5.82 Å². The van der Waals surface area contributed by atoms with Crippen molar-refractivity contribution >= 4 is 33.4 Å². The molecule has 4 fully saturated rings. The molecule has 2 N–H and O–H groups in total. The van der Waals surface area contributed by atoms with Crippen molar-refractivity contribution in [3.05, 3.63) is 54.6 Å².